The maximum atomic E-state index is 12.9. The van der Waals surface area contributed by atoms with Crippen LogP contribution in [0.1, 0.15) is 50.7 Å². The molecule has 28 heavy (non-hydrogen) atoms. The van der Waals surface area contributed by atoms with Crippen LogP contribution < -0.4 is 10.2 Å². The van der Waals surface area contributed by atoms with Gasteiger partial charge in [-0.05, 0) is 41.2 Å². The number of benzene rings is 2. The van der Waals surface area contributed by atoms with Crippen molar-refractivity contribution in [1.29, 1.82) is 0 Å². The van der Waals surface area contributed by atoms with Gasteiger partial charge in [0, 0.05) is 11.4 Å². The van der Waals surface area contributed by atoms with Crippen molar-refractivity contribution >= 4 is 23.2 Å². The summed E-state index contributed by atoms with van der Waals surface area (Å²) < 4.78 is 0. The minimum Gasteiger partial charge on any atom is -0.509 e. The Hall–Kier alpha value is -3.08. The van der Waals surface area contributed by atoms with E-state index >= 15 is 0 Å². The van der Waals surface area contributed by atoms with E-state index in [0.29, 0.717) is 17.3 Å². The summed E-state index contributed by atoms with van der Waals surface area (Å²) in [5, 5.41) is 13.1. The summed E-state index contributed by atoms with van der Waals surface area (Å²) >= 11 is 0. The Bertz CT molecular complexity index is 944. The fourth-order valence-electron chi connectivity index (χ4n) is 3.35. The molecule has 0 saturated heterocycles. The van der Waals surface area contributed by atoms with Gasteiger partial charge >= 0.3 is 0 Å². The Morgan fingerprint density at radius 1 is 1.04 bits per heavy atom. The predicted octanol–water partition coefficient (Wildman–Crippen LogP) is 4.73. The number of hydrogen-bond donors (Lipinski definition) is 2. The lowest BCUT2D eigenvalue weighted by molar-refractivity contribution is -0.119. The quantitative estimate of drug-likeness (QED) is 0.739. The second kappa shape index (κ2) is 7.89. The van der Waals surface area contributed by atoms with Gasteiger partial charge in [0.05, 0.1) is 6.54 Å². The van der Waals surface area contributed by atoms with Gasteiger partial charge in [0.15, 0.2) is 0 Å². The first-order chi connectivity index (χ1) is 13.3. The van der Waals surface area contributed by atoms with Crippen LogP contribution in [0, 0.1) is 0 Å². The number of aliphatic hydroxyl groups is 1. The van der Waals surface area contributed by atoms with Crippen molar-refractivity contribution in [2.45, 2.75) is 39.5 Å². The van der Waals surface area contributed by atoms with Crippen molar-refractivity contribution < 1.29 is 14.7 Å². The van der Waals surface area contributed by atoms with Gasteiger partial charge in [-0.3, -0.25) is 9.59 Å². The van der Waals surface area contributed by atoms with E-state index in [1.165, 1.54) is 4.90 Å². The molecule has 2 aromatic carbocycles. The van der Waals surface area contributed by atoms with Crippen LogP contribution in [-0.4, -0.2) is 23.5 Å². The zero-order valence-electron chi connectivity index (χ0n) is 16.7. The van der Waals surface area contributed by atoms with Crippen LogP contribution in [-0.2, 0) is 9.59 Å². The van der Waals surface area contributed by atoms with Gasteiger partial charge in [-0.2, -0.15) is 0 Å². The summed E-state index contributed by atoms with van der Waals surface area (Å²) in [5.41, 5.74) is 3.19. The van der Waals surface area contributed by atoms with Crippen LogP contribution in [0.4, 0.5) is 11.4 Å². The molecule has 2 aromatic rings. The van der Waals surface area contributed by atoms with Crippen molar-refractivity contribution in [3.63, 3.8) is 0 Å². The Labute approximate surface area is 165 Å². The first-order valence-electron chi connectivity index (χ1n) is 9.53. The maximum absolute atomic E-state index is 12.9. The highest BCUT2D eigenvalue weighted by molar-refractivity contribution is 6.29. The predicted molar refractivity (Wildman–Crippen MR) is 112 cm³/mol. The summed E-state index contributed by atoms with van der Waals surface area (Å²) in [6, 6.07) is 15.1. The number of rotatable bonds is 5. The molecular weight excluding hydrogens is 352 g/mol. The molecule has 0 unspecified atom stereocenters. The summed E-state index contributed by atoms with van der Waals surface area (Å²) in [5.74, 6) is -0.751. The lowest BCUT2D eigenvalue weighted by Crippen LogP contribution is -2.30. The molecular formula is C23H26N2O3. The third-order valence-electron chi connectivity index (χ3n) is 4.96. The molecule has 0 aliphatic carbocycles. The summed E-state index contributed by atoms with van der Waals surface area (Å²) in [7, 11) is 0. The average molecular weight is 378 g/mol. The molecule has 2 N–H and O–H groups in total. The molecule has 0 aromatic heterocycles. The molecule has 5 nitrogen and oxygen atoms in total. The third-order valence-corrected chi connectivity index (χ3v) is 4.96. The molecule has 0 radical (unpaired) electrons. The second-order valence-corrected chi connectivity index (χ2v) is 7.66. The smallest absolute Gasteiger partial charge is 0.267 e. The van der Waals surface area contributed by atoms with Crippen LogP contribution in [0.25, 0.3) is 0 Å². The van der Waals surface area contributed by atoms with E-state index < -0.39 is 11.8 Å². The van der Waals surface area contributed by atoms with Gasteiger partial charge in [-0.15, -0.1) is 0 Å². The number of carbonyl (C=O) groups is 2. The van der Waals surface area contributed by atoms with Crippen LogP contribution >= 0.6 is 0 Å². The van der Waals surface area contributed by atoms with Crippen LogP contribution in [0.2, 0.25) is 0 Å². The number of aliphatic hydroxyl groups excluding tert-OH is 1. The summed E-state index contributed by atoms with van der Waals surface area (Å²) in [4.78, 5) is 27.1. The maximum Gasteiger partial charge on any atom is 0.267 e. The topological polar surface area (TPSA) is 69.6 Å². The third kappa shape index (κ3) is 3.79. The second-order valence-electron chi connectivity index (χ2n) is 7.66. The molecule has 0 spiro atoms. The molecule has 1 aliphatic heterocycles. The number of hydrogen-bond acceptors (Lipinski definition) is 3. The number of carbonyl (C=O) groups excluding carboxylic acids is 2. The van der Waals surface area contributed by atoms with Crippen molar-refractivity contribution in [2.75, 3.05) is 16.8 Å². The van der Waals surface area contributed by atoms with Gasteiger partial charge in [0.25, 0.3) is 11.8 Å². The molecule has 1 aliphatic rings. The molecule has 2 amide bonds. The summed E-state index contributed by atoms with van der Waals surface area (Å²) in [6.45, 7) is 8.21. The highest BCUT2D eigenvalue weighted by Crippen LogP contribution is 2.29. The number of nitrogens with one attached hydrogen (secondary N) is 1. The monoisotopic (exact) mass is 378 g/mol. The molecule has 1 heterocycles. The van der Waals surface area contributed by atoms with Crippen LogP contribution in [0.15, 0.2) is 59.9 Å². The fourth-order valence-corrected chi connectivity index (χ4v) is 3.35. The van der Waals surface area contributed by atoms with E-state index in [-0.39, 0.29) is 23.8 Å². The highest BCUT2D eigenvalue weighted by atomic mass is 16.3. The minimum absolute atomic E-state index is 0.00500. The largest absolute Gasteiger partial charge is 0.509 e. The molecule has 146 valence electrons. The molecule has 0 fully saturated rings. The number of nitrogens with zero attached hydrogens (tertiary/aromatic N) is 1. The zero-order valence-corrected chi connectivity index (χ0v) is 16.7. The van der Waals surface area contributed by atoms with Gasteiger partial charge in [0.1, 0.15) is 11.3 Å². The molecule has 3 rings (SSSR count). The molecule has 0 bridgehead atoms. The first-order valence-corrected chi connectivity index (χ1v) is 9.53. The fraction of sp³-hybridized carbons (Fsp3) is 0.304. The van der Waals surface area contributed by atoms with Crippen LogP contribution in [0.3, 0.4) is 0 Å². The lowest BCUT2D eigenvalue weighted by Gasteiger charge is -2.18. The van der Waals surface area contributed by atoms with E-state index in [1.54, 1.807) is 6.07 Å². The SMILES string of the molecule is CC(C)c1cccc(N2CC(O)=C(C(=O)Nc3ccccc3C(C)C)C2=O)c1. The van der Waals surface area contributed by atoms with Crippen LogP contribution in [0.5, 0.6) is 0 Å². The highest BCUT2D eigenvalue weighted by Gasteiger charge is 2.36. The lowest BCUT2D eigenvalue weighted by atomic mass is 10.0. The summed E-state index contributed by atoms with van der Waals surface area (Å²) in [6.07, 6.45) is 0. The van der Waals surface area contributed by atoms with E-state index in [0.717, 1.165) is 11.1 Å². The van der Waals surface area contributed by atoms with E-state index in [1.807, 2.05) is 56.3 Å². The van der Waals surface area contributed by atoms with Gasteiger partial charge in [0.2, 0.25) is 0 Å². The Morgan fingerprint density at radius 3 is 2.43 bits per heavy atom. The zero-order chi connectivity index (χ0) is 20.4. The normalized spacial score (nSPS) is 14.4. The Kier molecular flexibility index (Phi) is 5.54. The average Bonchev–Trinajstić information content (AvgIpc) is 2.96. The van der Waals surface area contributed by atoms with Gasteiger partial charge in [-0.25, -0.2) is 0 Å². The van der Waals surface area contributed by atoms with Gasteiger partial charge < -0.3 is 15.3 Å². The van der Waals surface area contributed by atoms with E-state index in [2.05, 4.69) is 19.2 Å². The number of amides is 2. The van der Waals surface area contributed by atoms with Gasteiger partial charge in [-0.1, -0.05) is 58.0 Å². The van der Waals surface area contributed by atoms with Crippen molar-refractivity contribution in [1.82, 2.24) is 0 Å². The molecule has 0 atom stereocenters. The Morgan fingerprint density at radius 2 is 1.75 bits per heavy atom. The standard InChI is InChI=1S/C23H26N2O3/c1-14(2)16-8-7-9-17(12-16)25-13-20(26)21(23(25)28)22(27)24-19-11-6-5-10-18(19)15(3)4/h5-12,14-15,26H,13H2,1-4H3,(H,24,27). The van der Waals surface area contributed by atoms with E-state index in [9.17, 15) is 14.7 Å². The van der Waals surface area contributed by atoms with E-state index in [4.69, 9.17) is 0 Å². The van der Waals surface area contributed by atoms with Crippen molar-refractivity contribution in [2.24, 2.45) is 0 Å². The first kappa shape index (κ1) is 19.7. The van der Waals surface area contributed by atoms with Crippen molar-refractivity contribution in [3.8, 4) is 0 Å². The minimum atomic E-state index is -0.585. The van der Waals surface area contributed by atoms with Crippen molar-refractivity contribution in [3.05, 3.63) is 71.0 Å². The Balaban J connectivity index is 1.84. The molecule has 5 heteroatoms. The molecule has 0 saturated carbocycles. The number of para-hydroxylation sites is 1. The number of anilines is 2.